The highest BCUT2D eigenvalue weighted by Gasteiger charge is 2.30. The van der Waals surface area contributed by atoms with Crippen molar-refractivity contribution in [2.45, 2.75) is 6.18 Å². The predicted molar refractivity (Wildman–Crippen MR) is 75.6 cm³/mol. The summed E-state index contributed by atoms with van der Waals surface area (Å²) in [6.07, 6.45) is -4.34. The molecule has 3 aromatic rings. The smallest absolute Gasteiger partial charge is 0.397 e. The van der Waals surface area contributed by atoms with Crippen LogP contribution in [-0.4, -0.2) is 9.55 Å². The van der Waals surface area contributed by atoms with Crippen LogP contribution >= 0.6 is 0 Å². The number of alkyl halides is 3. The van der Waals surface area contributed by atoms with Crippen LogP contribution in [0.3, 0.4) is 0 Å². The lowest BCUT2D eigenvalue weighted by molar-refractivity contribution is -0.137. The highest BCUT2D eigenvalue weighted by atomic mass is 19.4. The van der Waals surface area contributed by atoms with E-state index < -0.39 is 11.7 Å². The Morgan fingerprint density at radius 3 is 2.29 bits per heavy atom. The Balaban J connectivity index is 2.13. The molecule has 3 nitrogen and oxygen atoms in total. The number of nitrogens with zero attached hydrogens (tertiary/aromatic N) is 2. The Morgan fingerprint density at radius 1 is 1.05 bits per heavy atom. The van der Waals surface area contributed by atoms with E-state index in [0.717, 1.165) is 17.6 Å². The number of nitrogen functional groups attached to an aromatic ring is 1. The number of anilines is 1. The Hall–Kier alpha value is -2.50. The van der Waals surface area contributed by atoms with Gasteiger partial charge in [0, 0.05) is 12.6 Å². The molecule has 0 saturated heterocycles. The first-order valence-electron chi connectivity index (χ1n) is 6.26. The molecule has 0 radical (unpaired) electrons. The molecule has 0 amide bonds. The molecule has 0 saturated carbocycles. The summed E-state index contributed by atoms with van der Waals surface area (Å²) in [5.41, 5.74) is 7.84. The normalized spacial score (nSPS) is 12.0. The van der Waals surface area contributed by atoms with Gasteiger partial charge < -0.3 is 10.3 Å². The summed E-state index contributed by atoms with van der Waals surface area (Å²) in [6, 6.07) is 10.4. The number of fused-ring (bicyclic) bond motifs is 1. The summed E-state index contributed by atoms with van der Waals surface area (Å²) >= 11 is 0. The summed E-state index contributed by atoms with van der Waals surface area (Å²) < 4.78 is 39.6. The first-order valence-corrected chi connectivity index (χ1v) is 6.26. The van der Waals surface area contributed by atoms with E-state index in [2.05, 4.69) is 4.98 Å². The third-order valence-electron chi connectivity index (χ3n) is 3.41. The summed E-state index contributed by atoms with van der Waals surface area (Å²) in [6.45, 7) is 0. The van der Waals surface area contributed by atoms with E-state index in [9.17, 15) is 13.2 Å². The van der Waals surface area contributed by atoms with Crippen LogP contribution in [0.2, 0.25) is 0 Å². The number of hydrogen-bond donors (Lipinski definition) is 1. The molecule has 0 spiro atoms. The first kappa shape index (κ1) is 13.5. The summed E-state index contributed by atoms with van der Waals surface area (Å²) in [4.78, 5) is 4.43. The van der Waals surface area contributed by atoms with E-state index in [-0.39, 0.29) is 0 Å². The molecule has 6 heteroatoms. The van der Waals surface area contributed by atoms with Crippen LogP contribution in [0.1, 0.15) is 5.56 Å². The van der Waals surface area contributed by atoms with Gasteiger partial charge in [0.05, 0.1) is 16.8 Å². The number of imidazole rings is 1. The molecule has 1 heterocycles. The SMILES string of the molecule is Cn1c(-c2ccc(C(F)(F)F)cc2)nc2c(N)cccc21. The van der Waals surface area contributed by atoms with Gasteiger partial charge >= 0.3 is 6.18 Å². The molecule has 0 aliphatic carbocycles. The van der Waals surface area contributed by atoms with Crippen LogP contribution in [0.4, 0.5) is 18.9 Å². The highest BCUT2D eigenvalue weighted by molar-refractivity contribution is 5.90. The predicted octanol–water partition coefficient (Wildman–Crippen LogP) is 3.84. The average Bonchev–Trinajstić information content (AvgIpc) is 2.77. The van der Waals surface area contributed by atoms with Gasteiger partial charge in [-0.1, -0.05) is 18.2 Å². The standard InChI is InChI=1S/C15H12F3N3/c1-21-12-4-2-3-11(19)13(12)20-14(21)9-5-7-10(8-6-9)15(16,17)18/h2-8H,19H2,1H3. The van der Waals surface area contributed by atoms with Crippen molar-refractivity contribution < 1.29 is 13.2 Å². The minimum Gasteiger partial charge on any atom is -0.397 e. The molecule has 0 aliphatic rings. The van der Waals surface area contributed by atoms with Gasteiger partial charge in [-0.25, -0.2) is 4.98 Å². The fourth-order valence-electron chi connectivity index (χ4n) is 2.30. The van der Waals surface area contributed by atoms with Crippen LogP contribution in [0.25, 0.3) is 22.4 Å². The summed E-state index contributed by atoms with van der Waals surface area (Å²) in [7, 11) is 1.81. The van der Waals surface area contributed by atoms with Crippen molar-refractivity contribution in [1.29, 1.82) is 0 Å². The minimum absolute atomic E-state index is 0.543. The van der Waals surface area contributed by atoms with Crippen LogP contribution in [0.5, 0.6) is 0 Å². The van der Waals surface area contributed by atoms with E-state index in [1.807, 2.05) is 23.7 Å². The Bertz CT molecular complexity index is 801. The maximum atomic E-state index is 12.6. The maximum absolute atomic E-state index is 12.6. The van der Waals surface area contributed by atoms with Gasteiger partial charge in [-0.2, -0.15) is 13.2 Å². The van der Waals surface area contributed by atoms with Crippen LogP contribution in [0, 0.1) is 0 Å². The molecule has 0 bridgehead atoms. The van der Waals surface area contributed by atoms with Crippen LogP contribution in [0.15, 0.2) is 42.5 Å². The van der Waals surface area contributed by atoms with E-state index in [4.69, 9.17) is 5.73 Å². The van der Waals surface area contributed by atoms with Gasteiger partial charge in [0.15, 0.2) is 0 Å². The van der Waals surface area contributed by atoms with Crippen molar-refractivity contribution >= 4 is 16.7 Å². The van der Waals surface area contributed by atoms with Gasteiger partial charge in [0.2, 0.25) is 0 Å². The van der Waals surface area contributed by atoms with Crippen molar-refractivity contribution in [3.05, 3.63) is 48.0 Å². The molecule has 0 atom stereocenters. The number of para-hydroxylation sites is 1. The van der Waals surface area contributed by atoms with Crippen molar-refractivity contribution in [3.8, 4) is 11.4 Å². The molecule has 2 aromatic carbocycles. The first-order chi connectivity index (χ1) is 9.88. The second-order valence-corrected chi connectivity index (χ2v) is 4.78. The number of rotatable bonds is 1. The second-order valence-electron chi connectivity index (χ2n) is 4.78. The van der Waals surface area contributed by atoms with Gasteiger partial charge in [-0.3, -0.25) is 0 Å². The van der Waals surface area contributed by atoms with Crippen molar-refractivity contribution in [3.63, 3.8) is 0 Å². The second kappa shape index (κ2) is 4.51. The zero-order chi connectivity index (χ0) is 15.2. The lowest BCUT2D eigenvalue weighted by Crippen LogP contribution is -2.04. The molecule has 0 aliphatic heterocycles. The number of hydrogen-bond acceptors (Lipinski definition) is 2. The average molecular weight is 291 g/mol. The van der Waals surface area contributed by atoms with Gasteiger partial charge in [-0.05, 0) is 24.3 Å². The summed E-state index contributed by atoms with van der Waals surface area (Å²) in [5, 5.41) is 0. The third kappa shape index (κ3) is 2.22. The number of halogens is 3. The van der Waals surface area contributed by atoms with Gasteiger partial charge in [0.1, 0.15) is 11.3 Å². The molecule has 21 heavy (non-hydrogen) atoms. The molecular weight excluding hydrogens is 279 g/mol. The zero-order valence-electron chi connectivity index (χ0n) is 11.1. The quantitative estimate of drug-likeness (QED) is 0.692. The van der Waals surface area contributed by atoms with Crippen LogP contribution < -0.4 is 5.73 Å². The third-order valence-corrected chi connectivity index (χ3v) is 3.41. The Morgan fingerprint density at radius 2 is 1.71 bits per heavy atom. The number of aromatic nitrogens is 2. The van der Waals surface area contributed by atoms with Crippen molar-refractivity contribution in [2.75, 3.05) is 5.73 Å². The fraction of sp³-hybridized carbons (Fsp3) is 0.133. The lowest BCUT2D eigenvalue weighted by atomic mass is 10.1. The van der Waals surface area contributed by atoms with E-state index in [1.165, 1.54) is 12.1 Å². The number of benzene rings is 2. The number of nitrogens with two attached hydrogens (primary N) is 1. The van der Waals surface area contributed by atoms with Crippen molar-refractivity contribution in [1.82, 2.24) is 9.55 Å². The maximum Gasteiger partial charge on any atom is 0.416 e. The summed E-state index contributed by atoms with van der Waals surface area (Å²) in [5.74, 6) is 0.580. The van der Waals surface area contributed by atoms with Crippen molar-refractivity contribution in [2.24, 2.45) is 7.05 Å². The van der Waals surface area contributed by atoms with E-state index >= 15 is 0 Å². The fourth-order valence-corrected chi connectivity index (χ4v) is 2.30. The van der Waals surface area contributed by atoms with E-state index in [0.29, 0.717) is 22.6 Å². The van der Waals surface area contributed by atoms with E-state index in [1.54, 1.807) is 6.07 Å². The molecule has 1 aromatic heterocycles. The minimum atomic E-state index is -4.34. The number of aryl methyl sites for hydroxylation is 1. The monoisotopic (exact) mass is 291 g/mol. The molecule has 0 fully saturated rings. The van der Waals surface area contributed by atoms with Crippen LogP contribution in [-0.2, 0) is 13.2 Å². The molecular formula is C15H12F3N3. The highest BCUT2D eigenvalue weighted by Crippen LogP contribution is 2.32. The van der Waals surface area contributed by atoms with Gasteiger partial charge in [0.25, 0.3) is 0 Å². The Kier molecular flexibility index (Phi) is 2.90. The lowest BCUT2D eigenvalue weighted by Gasteiger charge is -2.07. The van der Waals surface area contributed by atoms with Gasteiger partial charge in [-0.15, -0.1) is 0 Å². The molecule has 3 rings (SSSR count). The molecule has 2 N–H and O–H groups in total. The zero-order valence-corrected chi connectivity index (χ0v) is 11.1. The Labute approximate surface area is 118 Å². The molecule has 108 valence electrons. The topological polar surface area (TPSA) is 43.8 Å². The molecule has 0 unspecified atom stereocenters. The largest absolute Gasteiger partial charge is 0.416 e.